The fourth-order valence-electron chi connectivity index (χ4n) is 2.15. The molecule has 90 valence electrons. The predicted octanol–water partition coefficient (Wildman–Crippen LogP) is 2.40. The zero-order valence-electron chi connectivity index (χ0n) is 10.1. The number of benzene rings is 1. The van der Waals surface area contributed by atoms with E-state index in [1.54, 1.807) is 6.07 Å². The molecule has 4 heteroatoms. The van der Waals surface area contributed by atoms with Crippen LogP contribution in [0, 0.1) is 11.3 Å². The summed E-state index contributed by atoms with van der Waals surface area (Å²) in [7, 11) is 0. The summed E-state index contributed by atoms with van der Waals surface area (Å²) in [5.74, 6) is 0. The minimum absolute atomic E-state index is 0.440. The van der Waals surface area contributed by atoms with Crippen molar-refractivity contribution in [3.05, 3.63) is 28.8 Å². The third-order valence-corrected chi connectivity index (χ3v) is 3.48. The molecule has 17 heavy (non-hydrogen) atoms. The summed E-state index contributed by atoms with van der Waals surface area (Å²) >= 11 is 6.07. The topological polar surface area (TPSA) is 39.1 Å². The summed E-state index contributed by atoms with van der Waals surface area (Å²) < 4.78 is 0. The van der Waals surface area contributed by atoms with E-state index in [1.807, 2.05) is 12.1 Å². The normalized spacial score (nSPS) is 24.5. The number of nitrogens with one attached hydrogen (secondary N) is 1. The van der Waals surface area contributed by atoms with E-state index in [2.05, 4.69) is 30.1 Å². The third-order valence-electron chi connectivity index (χ3n) is 3.17. The van der Waals surface area contributed by atoms with Gasteiger partial charge in [-0.3, -0.25) is 0 Å². The highest BCUT2D eigenvalue weighted by Crippen LogP contribution is 2.25. The average Bonchev–Trinajstić information content (AvgIpc) is 2.32. The largest absolute Gasteiger partial charge is 0.366 e. The fraction of sp³-hybridized carbons (Fsp3) is 0.462. The molecule has 0 amide bonds. The molecule has 0 saturated carbocycles. The van der Waals surface area contributed by atoms with Crippen LogP contribution in [-0.4, -0.2) is 25.2 Å². The van der Waals surface area contributed by atoms with Crippen molar-refractivity contribution in [3.63, 3.8) is 0 Å². The van der Waals surface area contributed by atoms with Gasteiger partial charge in [0.2, 0.25) is 0 Å². The molecule has 0 aromatic heterocycles. The molecule has 3 nitrogen and oxygen atoms in total. The number of anilines is 1. The van der Waals surface area contributed by atoms with E-state index in [0.29, 0.717) is 22.7 Å². The molecule has 1 fully saturated rings. The van der Waals surface area contributed by atoms with Gasteiger partial charge in [-0.25, -0.2) is 0 Å². The quantitative estimate of drug-likeness (QED) is 0.831. The Morgan fingerprint density at radius 3 is 2.88 bits per heavy atom. The number of hydrogen-bond acceptors (Lipinski definition) is 3. The van der Waals surface area contributed by atoms with Crippen molar-refractivity contribution in [2.45, 2.75) is 25.9 Å². The molecule has 2 atom stereocenters. The maximum atomic E-state index is 8.86. The first-order valence-corrected chi connectivity index (χ1v) is 6.19. The van der Waals surface area contributed by atoms with E-state index in [-0.39, 0.29) is 0 Å². The van der Waals surface area contributed by atoms with Crippen molar-refractivity contribution in [1.29, 1.82) is 5.26 Å². The van der Waals surface area contributed by atoms with Crippen LogP contribution >= 0.6 is 11.6 Å². The average molecular weight is 250 g/mol. The number of nitriles is 1. The van der Waals surface area contributed by atoms with Gasteiger partial charge >= 0.3 is 0 Å². The van der Waals surface area contributed by atoms with Gasteiger partial charge in [-0.2, -0.15) is 5.26 Å². The van der Waals surface area contributed by atoms with Crippen molar-refractivity contribution in [1.82, 2.24) is 5.32 Å². The Bertz CT molecular complexity index is 452. The van der Waals surface area contributed by atoms with Crippen LogP contribution in [-0.2, 0) is 0 Å². The maximum Gasteiger partial charge on any atom is 0.101 e. The molecule has 1 aliphatic rings. The van der Waals surface area contributed by atoms with Gasteiger partial charge < -0.3 is 10.2 Å². The Hall–Kier alpha value is -1.24. The number of halogens is 1. The molecule has 0 radical (unpaired) electrons. The number of piperazine rings is 1. The number of nitrogens with zero attached hydrogens (tertiary/aromatic N) is 2. The minimum Gasteiger partial charge on any atom is -0.366 e. The minimum atomic E-state index is 0.440. The van der Waals surface area contributed by atoms with E-state index in [1.165, 1.54) is 0 Å². The van der Waals surface area contributed by atoms with Crippen LogP contribution in [0.25, 0.3) is 0 Å². The molecule has 1 saturated heterocycles. The Balaban J connectivity index is 2.27. The summed E-state index contributed by atoms with van der Waals surface area (Å²) in [5, 5.41) is 12.8. The lowest BCUT2D eigenvalue weighted by Crippen LogP contribution is -2.54. The third kappa shape index (κ3) is 2.54. The lowest BCUT2D eigenvalue weighted by atomic mass is 10.1. The zero-order valence-corrected chi connectivity index (χ0v) is 10.8. The van der Waals surface area contributed by atoms with Gasteiger partial charge in [-0.05, 0) is 32.0 Å². The van der Waals surface area contributed by atoms with Gasteiger partial charge in [0.1, 0.15) is 6.07 Å². The molecule has 1 aliphatic heterocycles. The maximum absolute atomic E-state index is 8.86. The molecule has 2 rings (SSSR count). The highest BCUT2D eigenvalue weighted by atomic mass is 35.5. The Labute approximate surface area is 107 Å². The summed E-state index contributed by atoms with van der Waals surface area (Å²) in [6, 6.07) is 8.64. The van der Waals surface area contributed by atoms with E-state index in [4.69, 9.17) is 16.9 Å². The number of hydrogen-bond donors (Lipinski definition) is 1. The van der Waals surface area contributed by atoms with E-state index in [0.717, 1.165) is 18.8 Å². The van der Waals surface area contributed by atoms with E-state index < -0.39 is 0 Å². The molecule has 0 spiro atoms. The monoisotopic (exact) mass is 249 g/mol. The van der Waals surface area contributed by atoms with Crippen molar-refractivity contribution in [3.8, 4) is 6.07 Å². The molecule has 1 aromatic rings. The van der Waals surface area contributed by atoms with Crippen LogP contribution < -0.4 is 10.2 Å². The van der Waals surface area contributed by atoms with Gasteiger partial charge in [0.25, 0.3) is 0 Å². The summed E-state index contributed by atoms with van der Waals surface area (Å²) in [4.78, 5) is 2.33. The van der Waals surface area contributed by atoms with Gasteiger partial charge in [0.15, 0.2) is 0 Å². The molecule has 1 heterocycles. The lowest BCUT2D eigenvalue weighted by Gasteiger charge is -2.39. The van der Waals surface area contributed by atoms with Crippen LogP contribution in [0.5, 0.6) is 0 Å². The lowest BCUT2D eigenvalue weighted by molar-refractivity contribution is 0.425. The first-order chi connectivity index (χ1) is 8.11. The molecular formula is C13H16ClN3. The summed E-state index contributed by atoms with van der Waals surface area (Å²) in [5.41, 5.74) is 1.63. The molecule has 1 aromatic carbocycles. The van der Waals surface area contributed by atoms with Crippen molar-refractivity contribution in [2.24, 2.45) is 0 Å². The van der Waals surface area contributed by atoms with Gasteiger partial charge in [-0.1, -0.05) is 11.6 Å². The Kier molecular flexibility index (Phi) is 3.56. The van der Waals surface area contributed by atoms with E-state index >= 15 is 0 Å². The van der Waals surface area contributed by atoms with Gasteiger partial charge in [0, 0.05) is 30.9 Å². The van der Waals surface area contributed by atoms with Crippen molar-refractivity contribution >= 4 is 17.3 Å². The molecule has 1 N–H and O–H groups in total. The SMILES string of the molecule is C[C@@H]1CN[C@@H](C)CN1c1ccc(C#N)c(Cl)c1. The first kappa shape index (κ1) is 12.2. The Morgan fingerprint density at radius 1 is 1.47 bits per heavy atom. The second kappa shape index (κ2) is 4.95. The summed E-state index contributed by atoms with van der Waals surface area (Å²) in [6.07, 6.45) is 0. The predicted molar refractivity (Wildman–Crippen MR) is 70.4 cm³/mol. The van der Waals surface area contributed by atoms with Gasteiger partial charge in [0.05, 0.1) is 10.6 Å². The molecule has 0 aliphatic carbocycles. The second-order valence-corrected chi connectivity index (χ2v) is 4.99. The van der Waals surface area contributed by atoms with Crippen LogP contribution in [0.2, 0.25) is 5.02 Å². The second-order valence-electron chi connectivity index (χ2n) is 4.59. The van der Waals surface area contributed by atoms with Crippen LogP contribution in [0.15, 0.2) is 18.2 Å². The standard InChI is InChI=1S/C13H16ClN3/c1-9-8-17(10(2)7-16-9)12-4-3-11(6-15)13(14)5-12/h3-5,9-10,16H,7-8H2,1-2H3/t9-,10+/m0/s1. The van der Waals surface area contributed by atoms with Crippen LogP contribution in [0.1, 0.15) is 19.4 Å². The summed E-state index contributed by atoms with van der Waals surface area (Å²) in [6.45, 7) is 6.29. The van der Waals surface area contributed by atoms with Crippen molar-refractivity contribution in [2.75, 3.05) is 18.0 Å². The fourth-order valence-corrected chi connectivity index (χ4v) is 2.37. The van der Waals surface area contributed by atoms with Crippen LogP contribution in [0.4, 0.5) is 5.69 Å². The Morgan fingerprint density at radius 2 is 2.24 bits per heavy atom. The smallest absolute Gasteiger partial charge is 0.101 e. The van der Waals surface area contributed by atoms with Crippen molar-refractivity contribution < 1.29 is 0 Å². The molecule has 0 unspecified atom stereocenters. The van der Waals surface area contributed by atoms with Crippen LogP contribution in [0.3, 0.4) is 0 Å². The zero-order chi connectivity index (χ0) is 12.4. The number of rotatable bonds is 1. The van der Waals surface area contributed by atoms with E-state index in [9.17, 15) is 0 Å². The van der Waals surface area contributed by atoms with Gasteiger partial charge in [-0.15, -0.1) is 0 Å². The highest BCUT2D eigenvalue weighted by molar-refractivity contribution is 6.32. The molecular weight excluding hydrogens is 234 g/mol. The molecule has 0 bridgehead atoms. The highest BCUT2D eigenvalue weighted by Gasteiger charge is 2.22. The first-order valence-electron chi connectivity index (χ1n) is 5.81.